The molecule has 0 aromatic heterocycles. The molecule has 0 unspecified atom stereocenters. The van der Waals surface area contributed by atoms with E-state index in [4.69, 9.17) is 11.6 Å². The molecule has 0 heterocycles. The van der Waals surface area contributed by atoms with Crippen LogP contribution in [-0.2, 0) is 0 Å². The Morgan fingerprint density at radius 2 is 1.87 bits per heavy atom. The molecule has 0 amide bonds. The summed E-state index contributed by atoms with van der Waals surface area (Å²) < 4.78 is 2.28. The molecule has 2 aromatic carbocycles. The molecule has 3 heteroatoms. The Labute approximate surface area is 116 Å². The zero-order valence-electron chi connectivity index (χ0n) is 7.68. The van der Waals surface area contributed by atoms with Crippen molar-refractivity contribution >= 4 is 50.1 Å². The first-order valence-electron chi connectivity index (χ1n) is 4.38. The van der Waals surface area contributed by atoms with E-state index < -0.39 is 0 Å². The molecule has 0 aliphatic carbocycles. The van der Waals surface area contributed by atoms with Crippen LogP contribution in [0, 0.1) is 3.57 Å². The van der Waals surface area contributed by atoms with Crippen molar-refractivity contribution in [1.29, 1.82) is 0 Å². The number of hydrogen-bond acceptors (Lipinski definition) is 0. The fourth-order valence-corrected chi connectivity index (χ4v) is 2.57. The molecule has 0 bridgehead atoms. The molecule has 0 atom stereocenters. The van der Waals surface area contributed by atoms with E-state index in [-0.39, 0.29) is 0 Å². The second-order valence-corrected chi connectivity index (χ2v) is 5.67. The molecule has 0 aliphatic rings. The summed E-state index contributed by atoms with van der Waals surface area (Å²) in [5.74, 6) is 0. The summed E-state index contributed by atoms with van der Waals surface area (Å²) in [4.78, 5) is 0. The van der Waals surface area contributed by atoms with Crippen molar-refractivity contribution in [3.05, 3.63) is 55.5 Å². The van der Waals surface area contributed by atoms with Crippen LogP contribution in [0.25, 0.3) is 11.1 Å². The third-order valence-electron chi connectivity index (χ3n) is 2.06. The number of benzene rings is 2. The standard InChI is InChI=1S/C12H7BrClI/c13-12-5-4-9(14)7-11(12)8-2-1-3-10(15)6-8/h1-7H. The van der Waals surface area contributed by atoms with Gasteiger partial charge in [0, 0.05) is 13.1 Å². The Hall–Kier alpha value is -0.0600. The van der Waals surface area contributed by atoms with Crippen LogP contribution in [0.15, 0.2) is 46.9 Å². The summed E-state index contributed by atoms with van der Waals surface area (Å²) in [6, 6.07) is 14.2. The molecule has 0 saturated carbocycles. The molecule has 0 fully saturated rings. The number of hydrogen-bond donors (Lipinski definition) is 0. The Morgan fingerprint density at radius 1 is 1.07 bits per heavy atom. The zero-order valence-corrected chi connectivity index (χ0v) is 12.2. The largest absolute Gasteiger partial charge is 0.0843 e. The van der Waals surface area contributed by atoms with Gasteiger partial charge in [0.15, 0.2) is 0 Å². The lowest BCUT2D eigenvalue weighted by Gasteiger charge is -2.05. The average molecular weight is 393 g/mol. The predicted octanol–water partition coefficient (Wildman–Crippen LogP) is 5.37. The van der Waals surface area contributed by atoms with E-state index in [0.29, 0.717) is 0 Å². The Balaban J connectivity index is 2.58. The Bertz CT molecular complexity index is 497. The lowest BCUT2D eigenvalue weighted by molar-refractivity contribution is 1.56. The zero-order chi connectivity index (χ0) is 10.8. The third kappa shape index (κ3) is 2.74. The molecule has 0 nitrogen and oxygen atoms in total. The second-order valence-electron chi connectivity index (χ2n) is 3.13. The van der Waals surface area contributed by atoms with Crippen molar-refractivity contribution in [2.45, 2.75) is 0 Å². The minimum absolute atomic E-state index is 0.757. The van der Waals surface area contributed by atoms with Crippen molar-refractivity contribution in [2.75, 3.05) is 0 Å². The molecule has 2 aromatic rings. The Kier molecular flexibility index (Phi) is 3.69. The molecular formula is C12H7BrClI. The fraction of sp³-hybridized carbons (Fsp3) is 0. The van der Waals surface area contributed by atoms with Gasteiger partial charge in [0.2, 0.25) is 0 Å². The molecule has 15 heavy (non-hydrogen) atoms. The topological polar surface area (TPSA) is 0 Å². The first-order valence-corrected chi connectivity index (χ1v) is 6.63. The van der Waals surface area contributed by atoms with Crippen molar-refractivity contribution in [3.8, 4) is 11.1 Å². The summed E-state index contributed by atoms with van der Waals surface area (Å²) in [5.41, 5.74) is 2.30. The summed E-state index contributed by atoms with van der Waals surface area (Å²) in [7, 11) is 0. The van der Waals surface area contributed by atoms with Crippen molar-refractivity contribution < 1.29 is 0 Å². The molecule has 0 N–H and O–H groups in total. The molecule has 0 spiro atoms. The molecular weight excluding hydrogens is 386 g/mol. The van der Waals surface area contributed by atoms with Crippen LogP contribution < -0.4 is 0 Å². The van der Waals surface area contributed by atoms with Gasteiger partial charge in [-0.25, -0.2) is 0 Å². The van der Waals surface area contributed by atoms with Crippen LogP contribution in [-0.4, -0.2) is 0 Å². The fourth-order valence-electron chi connectivity index (χ4n) is 1.37. The van der Waals surface area contributed by atoms with E-state index in [1.54, 1.807) is 0 Å². The van der Waals surface area contributed by atoms with Gasteiger partial charge in [-0.05, 0) is 64.0 Å². The van der Waals surface area contributed by atoms with E-state index in [0.717, 1.165) is 15.1 Å². The van der Waals surface area contributed by atoms with E-state index in [1.165, 1.54) is 9.13 Å². The van der Waals surface area contributed by atoms with Gasteiger partial charge in [0.05, 0.1) is 0 Å². The minimum Gasteiger partial charge on any atom is -0.0843 e. The van der Waals surface area contributed by atoms with Crippen LogP contribution in [0.4, 0.5) is 0 Å². The smallest absolute Gasteiger partial charge is 0.0412 e. The van der Waals surface area contributed by atoms with Crippen molar-refractivity contribution in [1.82, 2.24) is 0 Å². The Morgan fingerprint density at radius 3 is 2.60 bits per heavy atom. The quantitative estimate of drug-likeness (QED) is 0.571. The number of rotatable bonds is 1. The first-order chi connectivity index (χ1) is 7.16. The maximum atomic E-state index is 5.98. The van der Waals surface area contributed by atoms with Crippen LogP contribution in [0.1, 0.15) is 0 Å². The lowest BCUT2D eigenvalue weighted by atomic mass is 10.1. The highest BCUT2D eigenvalue weighted by atomic mass is 127. The normalized spacial score (nSPS) is 10.3. The van der Waals surface area contributed by atoms with Gasteiger partial charge in [0.1, 0.15) is 0 Å². The highest BCUT2D eigenvalue weighted by Crippen LogP contribution is 2.31. The van der Waals surface area contributed by atoms with Gasteiger partial charge in [-0.2, -0.15) is 0 Å². The van der Waals surface area contributed by atoms with Gasteiger partial charge >= 0.3 is 0 Å². The van der Waals surface area contributed by atoms with E-state index in [1.807, 2.05) is 24.3 Å². The van der Waals surface area contributed by atoms with Gasteiger partial charge in [0.25, 0.3) is 0 Å². The molecule has 0 saturated heterocycles. The minimum atomic E-state index is 0.757. The summed E-state index contributed by atoms with van der Waals surface area (Å²) in [6.45, 7) is 0. The maximum Gasteiger partial charge on any atom is 0.0412 e. The third-order valence-corrected chi connectivity index (χ3v) is 3.66. The van der Waals surface area contributed by atoms with Crippen LogP contribution >= 0.6 is 50.1 Å². The second kappa shape index (κ2) is 4.85. The average Bonchev–Trinajstić information content (AvgIpc) is 2.22. The predicted molar refractivity (Wildman–Crippen MR) is 77.3 cm³/mol. The van der Waals surface area contributed by atoms with Crippen LogP contribution in [0.3, 0.4) is 0 Å². The van der Waals surface area contributed by atoms with E-state index in [9.17, 15) is 0 Å². The highest BCUT2D eigenvalue weighted by molar-refractivity contribution is 14.1. The monoisotopic (exact) mass is 392 g/mol. The van der Waals surface area contributed by atoms with Gasteiger partial charge in [-0.3, -0.25) is 0 Å². The van der Waals surface area contributed by atoms with Crippen LogP contribution in [0.2, 0.25) is 5.02 Å². The highest BCUT2D eigenvalue weighted by Gasteiger charge is 2.03. The maximum absolute atomic E-state index is 5.98. The van der Waals surface area contributed by atoms with Gasteiger partial charge < -0.3 is 0 Å². The molecule has 0 radical (unpaired) electrons. The lowest BCUT2D eigenvalue weighted by Crippen LogP contribution is -1.81. The molecule has 76 valence electrons. The summed E-state index contributed by atoms with van der Waals surface area (Å²) >= 11 is 11.8. The van der Waals surface area contributed by atoms with Crippen LogP contribution in [0.5, 0.6) is 0 Å². The number of halogens is 3. The van der Waals surface area contributed by atoms with E-state index in [2.05, 4.69) is 56.7 Å². The van der Waals surface area contributed by atoms with Gasteiger partial charge in [-0.1, -0.05) is 39.7 Å². The molecule has 2 rings (SSSR count). The van der Waals surface area contributed by atoms with Gasteiger partial charge in [-0.15, -0.1) is 0 Å². The SMILES string of the molecule is Clc1ccc(Br)c(-c2cccc(I)c2)c1. The molecule has 0 aliphatic heterocycles. The summed E-state index contributed by atoms with van der Waals surface area (Å²) in [6.07, 6.45) is 0. The van der Waals surface area contributed by atoms with E-state index >= 15 is 0 Å². The first kappa shape index (κ1) is 11.4. The summed E-state index contributed by atoms with van der Waals surface area (Å²) in [5, 5.41) is 0.757. The van der Waals surface area contributed by atoms with Crippen molar-refractivity contribution in [2.24, 2.45) is 0 Å². The van der Waals surface area contributed by atoms with Crippen molar-refractivity contribution in [3.63, 3.8) is 0 Å².